The first-order valence-corrected chi connectivity index (χ1v) is 11.8. The highest BCUT2D eigenvalue weighted by Crippen LogP contribution is 2.29. The molecule has 176 valence electrons. The lowest BCUT2D eigenvalue weighted by molar-refractivity contribution is -0.140. The van der Waals surface area contributed by atoms with Gasteiger partial charge < -0.3 is 5.32 Å². The van der Waals surface area contributed by atoms with Crippen molar-refractivity contribution in [1.29, 1.82) is 0 Å². The van der Waals surface area contributed by atoms with Crippen LogP contribution in [0.4, 0.5) is 0 Å². The van der Waals surface area contributed by atoms with Crippen molar-refractivity contribution in [3.05, 3.63) is 48.6 Å². The summed E-state index contributed by atoms with van der Waals surface area (Å²) in [6, 6.07) is 8.41. The molecule has 0 spiro atoms. The Balaban J connectivity index is 2.27. The molecule has 2 amide bonds. The molecule has 1 aromatic carbocycles. The van der Waals surface area contributed by atoms with Crippen LogP contribution in [0.2, 0.25) is 0 Å². The molecule has 32 heavy (non-hydrogen) atoms. The fourth-order valence-corrected chi connectivity index (χ4v) is 4.75. The van der Waals surface area contributed by atoms with Crippen LogP contribution >= 0.6 is 0 Å². The van der Waals surface area contributed by atoms with E-state index in [-0.39, 0.29) is 24.0 Å². The summed E-state index contributed by atoms with van der Waals surface area (Å²) in [5, 5.41) is 12.2. The van der Waals surface area contributed by atoms with Crippen LogP contribution in [0.15, 0.2) is 43.0 Å². The average molecular weight is 443 g/mol. The highest BCUT2D eigenvalue weighted by atomic mass is 16.5. The Kier molecular flexibility index (Phi) is 10.6. The summed E-state index contributed by atoms with van der Waals surface area (Å²) in [5.74, 6) is -1.89. The largest absolute Gasteiger partial charge is 0.346 e. The molecule has 0 saturated heterocycles. The molecular formula is C26H38N2O4. The Hall–Kier alpha value is -2.47. The van der Waals surface area contributed by atoms with Crippen LogP contribution < -0.4 is 10.8 Å². The van der Waals surface area contributed by atoms with Gasteiger partial charge in [-0.1, -0.05) is 82.4 Å². The van der Waals surface area contributed by atoms with Crippen molar-refractivity contribution < 1.29 is 19.6 Å². The topological polar surface area (TPSA) is 95.5 Å². The van der Waals surface area contributed by atoms with E-state index in [0.717, 1.165) is 25.7 Å². The predicted molar refractivity (Wildman–Crippen MR) is 125 cm³/mol. The quantitative estimate of drug-likeness (QED) is 0.189. The number of nitrogens with one attached hydrogen (secondary N) is 2. The number of hydrogen-bond acceptors (Lipinski definition) is 4. The van der Waals surface area contributed by atoms with Crippen LogP contribution in [-0.2, 0) is 9.59 Å². The minimum absolute atomic E-state index is 0.0975. The number of amides is 2. The van der Waals surface area contributed by atoms with E-state index in [4.69, 9.17) is 0 Å². The predicted octanol–water partition coefficient (Wildman–Crippen LogP) is 4.68. The van der Waals surface area contributed by atoms with Gasteiger partial charge in [-0.25, -0.2) is 5.48 Å². The van der Waals surface area contributed by atoms with Gasteiger partial charge in [0, 0.05) is 5.56 Å². The summed E-state index contributed by atoms with van der Waals surface area (Å²) in [7, 11) is 0. The van der Waals surface area contributed by atoms with Gasteiger partial charge in [-0.2, -0.15) is 0 Å². The zero-order chi connectivity index (χ0) is 23.5. The van der Waals surface area contributed by atoms with Crippen LogP contribution in [0.3, 0.4) is 0 Å². The zero-order valence-electron chi connectivity index (χ0n) is 19.4. The van der Waals surface area contributed by atoms with E-state index in [0.29, 0.717) is 24.3 Å². The van der Waals surface area contributed by atoms with E-state index in [2.05, 4.69) is 11.9 Å². The molecule has 0 aromatic heterocycles. The van der Waals surface area contributed by atoms with Gasteiger partial charge in [0.15, 0.2) is 5.78 Å². The fourth-order valence-electron chi connectivity index (χ4n) is 4.75. The van der Waals surface area contributed by atoms with E-state index >= 15 is 0 Å². The molecule has 6 nitrogen and oxygen atoms in total. The second-order valence-corrected chi connectivity index (χ2v) is 9.37. The first-order chi connectivity index (χ1) is 15.4. The molecule has 1 aliphatic rings. The van der Waals surface area contributed by atoms with Crippen molar-refractivity contribution in [2.75, 3.05) is 0 Å². The Morgan fingerprint density at radius 3 is 2.28 bits per heavy atom. The summed E-state index contributed by atoms with van der Waals surface area (Å²) in [5.41, 5.74) is 2.27. The van der Waals surface area contributed by atoms with Crippen LogP contribution in [0.1, 0.15) is 75.6 Å². The Morgan fingerprint density at radius 2 is 1.72 bits per heavy atom. The lowest BCUT2D eigenvalue weighted by Gasteiger charge is -2.30. The summed E-state index contributed by atoms with van der Waals surface area (Å²) >= 11 is 0. The third kappa shape index (κ3) is 7.59. The molecule has 6 heteroatoms. The molecule has 0 unspecified atom stereocenters. The Morgan fingerprint density at radius 1 is 1.06 bits per heavy atom. The van der Waals surface area contributed by atoms with Gasteiger partial charge >= 0.3 is 0 Å². The minimum atomic E-state index is -0.748. The number of carbonyl (C=O) groups excluding carboxylic acids is 3. The average Bonchev–Trinajstić information content (AvgIpc) is 2.81. The van der Waals surface area contributed by atoms with E-state index in [9.17, 15) is 19.6 Å². The molecule has 1 aromatic rings. The Labute approximate surface area is 191 Å². The third-order valence-corrected chi connectivity index (χ3v) is 6.40. The van der Waals surface area contributed by atoms with Gasteiger partial charge in [-0.3, -0.25) is 19.6 Å². The monoisotopic (exact) mass is 442 g/mol. The van der Waals surface area contributed by atoms with Crippen molar-refractivity contribution in [2.24, 2.45) is 23.7 Å². The van der Waals surface area contributed by atoms with Gasteiger partial charge in [-0.05, 0) is 31.1 Å². The molecule has 0 radical (unpaired) electrons. The number of allylic oxidation sites excluding steroid dienone is 1. The fraction of sp³-hybridized carbons (Fsp3) is 0.577. The SMILES string of the molecule is C=CC[C@@H](C(=O)NO)[C@@H](CC(C)C)C(=O)N[C@@H](CC1CCCCC1)C(=O)c1ccccc1. The lowest BCUT2D eigenvalue weighted by Crippen LogP contribution is -2.48. The highest BCUT2D eigenvalue weighted by molar-refractivity contribution is 6.02. The molecule has 3 N–H and O–H groups in total. The summed E-state index contributed by atoms with van der Waals surface area (Å²) < 4.78 is 0. The molecule has 0 heterocycles. The minimum Gasteiger partial charge on any atom is -0.346 e. The van der Waals surface area contributed by atoms with Crippen LogP contribution in [0, 0.1) is 23.7 Å². The number of benzene rings is 1. The number of hydrogen-bond donors (Lipinski definition) is 3. The summed E-state index contributed by atoms with van der Waals surface area (Å²) in [4.78, 5) is 39.1. The molecule has 0 aliphatic heterocycles. The maximum absolute atomic E-state index is 13.4. The number of Topliss-reactive ketones (excluding diaryl/α,β-unsaturated/α-hetero) is 1. The first kappa shape index (κ1) is 25.8. The molecular weight excluding hydrogens is 404 g/mol. The van der Waals surface area contributed by atoms with E-state index in [1.165, 1.54) is 6.42 Å². The number of ketones is 1. The van der Waals surface area contributed by atoms with Crippen molar-refractivity contribution >= 4 is 17.6 Å². The normalized spacial score (nSPS) is 17.2. The van der Waals surface area contributed by atoms with Crippen LogP contribution in [0.5, 0.6) is 0 Å². The van der Waals surface area contributed by atoms with E-state index in [1.807, 2.05) is 32.0 Å². The maximum Gasteiger partial charge on any atom is 0.247 e. The van der Waals surface area contributed by atoms with Crippen LogP contribution in [-0.4, -0.2) is 28.8 Å². The van der Waals surface area contributed by atoms with Crippen molar-refractivity contribution in [3.8, 4) is 0 Å². The van der Waals surface area contributed by atoms with Gasteiger partial charge in [0.25, 0.3) is 0 Å². The smallest absolute Gasteiger partial charge is 0.247 e. The lowest BCUT2D eigenvalue weighted by atomic mass is 9.80. The second-order valence-electron chi connectivity index (χ2n) is 9.37. The molecule has 2 rings (SSSR count). The number of rotatable bonds is 12. The second kappa shape index (κ2) is 13.2. The van der Waals surface area contributed by atoms with E-state index in [1.54, 1.807) is 23.7 Å². The molecule has 1 saturated carbocycles. The molecule has 0 bridgehead atoms. The van der Waals surface area contributed by atoms with Gasteiger partial charge in [0.05, 0.1) is 17.9 Å². The van der Waals surface area contributed by atoms with Gasteiger partial charge in [0.1, 0.15) is 0 Å². The van der Waals surface area contributed by atoms with E-state index < -0.39 is 23.8 Å². The van der Waals surface area contributed by atoms with Crippen molar-refractivity contribution in [1.82, 2.24) is 10.8 Å². The third-order valence-electron chi connectivity index (χ3n) is 6.40. The van der Waals surface area contributed by atoms with Gasteiger partial charge in [0.2, 0.25) is 11.8 Å². The first-order valence-electron chi connectivity index (χ1n) is 11.8. The van der Waals surface area contributed by atoms with Gasteiger partial charge in [-0.15, -0.1) is 6.58 Å². The van der Waals surface area contributed by atoms with Crippen molar-refractivity contribution in [2.45, 2.75) is 71.3 Å². The highest BCUT2D eigenvalue weighted by Gasteiger charge is 2.36. The van der Waals surface area contributed by atoms with Crippen LogP contribution in [0.25, 0.3) is 0 Å². The van der Waals surface area contributed by atoms with Crippen molar-refractivity contribution in [3.63, 3.8) is 0 Å². The standard InChI is InChI=1S/C26H38N2O4/c1-4-11-21(26(31)28-32)22(16-18(2)3)25(30)27-23(17-19-12-7-5-8-13-19)24(29)20-14-9-6-10-15-20/h4,6,9-10,14-15,18-19,21-23,32H,1,5,7-8,11-13,16-17H2,2-3H3,(H,27,30)(H,28,31)/t21-,22-,23+/m1/s1. The molecule has 3 atom stereocenters. The number of hydroxylamine groups is 1. The maximum atomic E-state index is 13.4. The summed E-state index contributed by atoms with van der Waals surface area (Å²) in [6.07, 6.45) is 8.56. The molecule has 1 fully saturated rings. The zero-order valence-corrected chi connectivity index (χ0v) is 19.4. The Bertz CT molecular complexity index is 756. The summed E-state index contributed by atoms with van der Waals surface area (Å²) in [6.45, 7) is 7.66. The number of carbonyl (C=O) groups is 3. The molecule has 1 aliphatic carbocycles.